The Kier molecular flexibility index (Phi) is 4.99. The molecule has 0 saturated carbocycles. The average molecular weight is 312 g/mol. The third-order valence-electron chi connectivity index (χ3n) is 4.14. The van der Waals surface area contributed by atoms with Crippen LogP contribution in [0.4, 0.5) is 0 Å². The molecular weight excluding hydrogens is 292 g/mol. The van der Waals surface area contributed by atoms with Gasteiger partial charge in [-0.05, 0) is 0 Å². The lowest BCUT2D eigenvalue weighted by atomic mass is 10.1. The van der Waals surface area contributed by atoms with Crippen LogP contribution in [0.5, 0.6) is 0 Å². The van der Waals surface area contributed by atoms with E-state index in [0.717, 1.165) is 0 Å². The molecule has 2 heterocycles. The summed E-state index contributed by atoms with van der Waals surface area (Å²) in [5, 5.41) is 0. The van der Waals surface area contributed by atoms with E-state index in [1.54, 1.807) is 9.80 Å². The lowest BCUT2D eigenvalue weighted by Gasteiger charge is -2.21. The third-order valence-corrected chi connectivity index (χ3v) is 4.14. The molecule has 0 aromatic rings. The molecule has 2 fully saturated rings. The Labute approximate surface area is 128 Å². The molecule has 2 rings (SSSR count). The van der Waals surface area contributed by atoms with Gasteiger partial charge in [0.2, 0.25) is 11.8 Å². The Balaban J connectivity index is 1.83. The number of likely N-dealkylation sites (tertiary alicyclic amines) is 2. The fourth-order valence-corrected chi connectivity index (χ4v) is 2.87. The summed E-state index contributed by atoms with van der Waals surface area (Å²) >= 11 is 0. The number of hydrogen-bond acceptors (Lipinski definition) is 6. The Morgan fingerprint density at radius 3 is 1.59 bits per heavy atom. The van der Waals surface area contributed by atoms with E-state index in [0.29, 0.717) is 26.2 Å². The van der Waals surface area contributed by atoms with Crippen molar-refractivity contribution in [2.75, 3.05) is 40.4 Å². The van der Waals surface area contributed by atoms with Gasteiger partial charge in [-0.15, -0.1) is 0 Å². The van der Waals surface area contributed by atoms with Gasteiger partial charge in [0.15, 0.2) is 0 Å². The molecular formula is C14H20N2O6. The highest BCUT2D eigenvalue weighted by Crippen LogP contribution is 2.21. The first-order valence-corrected chi connectivity index (χ1v) is 7.17. The van der Waals surface area contributed by atoms with E-state index in [2.05, 4.69) is 9.47 Å². The normalized spacial score (nSPS) is 24.8. The molecule has 0 aliphatic carbocycles. The summed E-state index contributed by atoms with van der Waals surface area (Å²) in [6.45, 7) is 1.33. The summed E-state index contributed by atoms with van der Waals surface area (Å²) in [6, 6.07) is 0. The minimum absolute atomic E-state index is 0.119. The Hall–Kier alpha value is -2.12. The maximum absolute atomic E-state index is 11.9. The fraction of sp³-hybridized carbons (Fsp3) is 0.714. The number of carbonyl (C=O) groups excluding carboxylic acids is 4. The fourth-order valence-electron chi connectivity index (χ4n) is 2.87. The van der Waals surface area contributed by atoms with Gasteiger partial charge in [-0.2, -0.15) is 0 Å². The molecule has 2 unspecified atom stereocenters. The zero-order chi connectivity index (χ0) is 16.3. The van der Waals surface area contributed by atoms with Crippen LogP contribution in [0.1, 0.15) is 12.8 Å². The summed E-state index contributed by atoms with van der Waals surface area (Å²) in [4.78, 5) is 49.7. The first kappa shape index (κ1) is 16.3. The molecule has 122 valence electrons. The number of nitrogens with zero attached hydrogens (tertiary/aromatic N) is 2. The summed E-state index contributed by atoms with van der Waals surface area (Å²) in [5.41, 5.74) is 0. The van der Waals surface area contributed by atoms with Crippen molar-refractivity contribution < 1.29 is 28.7 Å². The largest absolute Gasteiger partial charge is 0.469 e. The van der Waals surface area contributed by atoms with Gasteiger partial charge in [0.1, 0.15) is 0 Å². The maximum atomic E-state index is 11.9. The van der Waals surface area contributed by atoms with E-state index in [4.69, 9.17) is 0 Å². The van der Waals surface area contributed by atoms with Crippen LogP contribution in [-0.4, -0.2) is 74.0 Å². The van der Waals surface area contributed by atoms with Gasteiger partial charge in [-0.3, -0.25) is 19.2 Å². The van der Waals surface area contributed by atoms with Crippen molar-refractivity contribution in [1.29, 1.82) is 0 Å². The molecule has 2 aliphatic rings. The zero-order valence-corrected chi connectivity index (χ0v) is 12.7. The highest BCUT2D eigenvalue weighted by molar-refractivity contribution is 5.87. The van der Waals surface area contributed by atoms with Gasteiger partial charge in [0.25, 0.3) is 0 Å². The average Bonchev–Trinajstić information content (AvgIpc) is 3.06. The zero-order valence-electron chi connectivity index (χ0n) is 12.7. The second-order valence-electron chi connectivity index (χ2n) is 5.53. The molecule has 0 N–H and O–H groups in total. The molecule has 2 amide bonds. The topological polar surface area (TPSA) is 93.2 Å². The van der Waals surface area contributed by atoms with Crippen LogP contribution in [-0.2, 0) is 28.7 Å². The first-order valence-electron chi connectivity index (χ1n) is 7.17. The number of rotatable bonds is 5. The van der Waals surface area contributed by atoms with Crippen molar-refractivity contribution in [3.8, 4) is 0 Å². The van der Waals surface area contributed by atoms with Crippen molar-refractivity contribution in [3.05, 3.63) is 0 Å². The number of amides is 2. The summed E-state index contributed by atoms with van der Waals surface area (Å²) in [7, 11) is 2.59. The first-order chi connectivity index (χ1) is 10.5. The van der Waals surface area contributed by atoms with Crippen molar-refractivity contribution in [2.24, 2.45) is 11.8 Å². The van der Waals surface area contributed by atoms with Gasteiger partial charge < -0.3 is 19.3 Å². The Bertz CT molecular complexity index is 448. The summed E-state index contributed by atoms with van der Waals surface area (Å²) in [6.07, 6.45) is 0.289. The molecule has 0 spiro atoms. The molecule has 0 aromatic carbocycles. The van der Waals surface area contributed by atoms with E-state index in [-0.39, 0.29) is 36.6 Å². The van der Waals surface area contributed by atoms with Crippen molar-refractivity contribution in [3.63, 3.8) is 0 Å². The summed E-state index contributed by atoms with van der Waals surface area (Å²) in [5.74, 6) is -1.89. The van der Waals surface area contributed by atoms with Gasteiger partial charge >= 0.3 is 11.9 Å². The van der Waals surface area contributed by atoms with Crippen LogP contribution >= 0.6 is 0 Å². The monoisotopic (exact) mass is 312 g/mol. The van der Waals surface area contributed by atoms with Gasteiger partial charge in [0, 0.05) is 39.0 Å². The predicted octanol–water partition coefficient (Wildman–Crippen LogP) is -0.971. The highest BCUT2D eigenvalue weighted by atomic mass is 16.5. The van der Waals surface area contributed by atoms with Gasteiger partial charge in [-0.25, -0.2) is 0 Å². The molecule has 0 radical (unpaired) electrons. The van der Waals surface area contributed by atoms with Crippen molar-refractivity contribution in [2.45, 2.75) is 12.8 Å². The van der Waals surface area contributed by atoms with Crippen LogP contribution in [0.25, 0.3) is 0 Å². The van der Waals surface area contributed by atoms with Crippen LogP contribution in [0.15, 0.2) is 0 Å². The van der Waals surface area contributed by atoms with E-state index >= 15 is 0 Å². The number of ether oxygens (including phenoxy) is 2. The maximum Gasteiger partial charge on any atom is 0.310 e. The minimum Gasteiger partial charge on any atom is -0.469 e. The molecule has 0 aromatic heterocycles. The second-order valence-corrected chi connectivity index (χ2v) is 5.53. The molecule has 2 atom stereocenters. The molecule has 22 heavy (non-hydrogen) atoms. The van der Waals surface area contributed by atoms with Gasteiger partial charge in [-0.1, -0.05) is 0 Å². The standard InChI is InChI=1S/C14H20N2O6/c1-21-13(19)9-5-11(17)15(7-9)3-4-16-8-10(6-12(16)18)14(20)22-2/h9-10H,3-8H2,1-2H3. The highest BCUT2D eigenvalue weighted by Gasteiger charge is 2.37. The van der Waals surface area contributed by atoms with E-state index < -0.39 is 11.8 Å². The Morgan fingerprint density at radius 2 is 1.27 bits per heavy atom. The number of esters is 2. The predicted molar refractivity (Wildman–Crippen MR) is 73.4 cm³/mol. The van der Waals surface area contributed by atoms with Crippen molar-refractivity contribution >= 4 is 23.8 Å². The smallest absolute Gasteiger partial charge is 0.310 e. The Morgan fingerprint density at radius 1 is 0.909 bits per heavy atom. The molecule has 2 aliphatic heterocycles. The molecule has 2 saturated heterocycles. The quantitative estimate of drug-likeness (QED) is 0.606. The van der Waals surface area contributed by atoms with Crippen LogP contribution in [0, 0.1) is 11.8 Å². The van der Waals surface area contributed by atoms with Crippen LogP contribution in [0.2, 0.25) is 0 Å². The molecule has 8 heteroatoms. The number of carbonyl (C=O) groups is 4. The van der Waals surface area contributed by atoms with Crippen LogP contribution < -0.4 is 0 Å². The number of hydrogen-bond donors (Lipinski definition) is 0. The van der Waals surface area contributed by atoms with E-state index in [9.17, 15) is 19.2 Å². The second kappa shape index (κ2) is 6.76. The number of methoxy groups -OCH3 is 2. The molecule has 8 nitrogen and oxygen atoms in total. The molecule has 0 bridgehead atoms. The summed E-state index contributed by atoms with van der Waals surface area (Å²) < 4.78 is 9.29. The van der Waals surface area contributed by atoms with Crippen LogP contribution in [0.3, 0.4) is 0 Å². The van der Waals surface area contributed by atoms with E-state index in [1.807, 2.05) is 0 Å². The lowest BCUT2D eigenvalue weighted by molar-refractivity contribution is -0.146. The van der Waals surface area contributed by atoms with E-state index in [1.165, 1.54) is 14.2 Å². The lowest BCUT2D eigenvalue weighted by Crippen LogP contribution is -2.37. The SMILES string of the molecule is COC(=O)C1CC(=O)N(CCN2CC(C(=O)OC)CC2=O)C1. The van der Waals surface area contributed by atoms with Gasteiger partial charge in [0.05, 0.1) is 26.1 Å². The third kappa shape index (κ3) is 3.37. The minimum atomic E-state index is -0.436. The van der Waals surface area contributed by atoms with Crippen molar-refractivity contribution in [1.82, 2.24) is 9.80 Å².